The van der Waals surface area contributed by atoms with Crippen molar-refractivity contribution in [3.05, 3.63) is 17.7 Å². The molecule has 1 fully saturated rings. The Balaban J connectivity index is 2.06. The van der Waals surface area contributed by atoms with Crippen LogP contribution in [0.4, 0.5) is 0 Å². The molecule has 2 aliphatic rings. The van der Waals surface area contributed by atoms with E-state index in [1.54, 1.807) is 6.07 Å². The summed E-state index contributed by atoms with van der Waals surface area (Å²) in [6.07, 6.45) is 2.05. The van der Waals surface area contributed by atoms with Gasteiger partial charge in [0.1, 0.15) is 19.0 Å². The van der Waals surface area contributed by atoms with Gasteiger partial charge < -0.3 is 20.3 Å². The lowest BCUT2D eigenvalue weighted by Gasteiger charge is -2.25. The van der Waals surface area contributed by atoms with Gasteiger partial charge in [-0.2, -0.15) is 0 Å². The van der Waals surface area contributed by atoms with Crippen molar-refractivity contribution in [3.8, 4) is 17.2 Å². The number of aromatic hydroxyl groups is 1. The molecule has 0 spiro atoms. The van der Waals surface area contributed by atoms with Gasteiger partial charge in [0.2, 0.25) is 0 Å². The fourth-order valence-corrected chi connectivity index (χ4v) is 2.58. The van der Waals surface area contributed by atoms with E-state index in [-0.39, 0.29) is 17.2 Å². The molecule has 1 aliphatic carbocycles. The summed E-state index contributed by atoms with van der Waals surface area (Å²) in [4.78, 5) is 0. The van der Waals surface area contributed by atoms with E-state index in [2.05, 4.69) is 0 Å². The maximum atomic E-state index is 10.1. The van der Waals surface area contributed by atoms with Crippen LogP contribution in [-0.2, 0) is 5.41 Å². The van der Waals surface area contributed by atoms with Crippen molar-refractivity contribution in [2.24, 2.45) is 5.73 Å². The van der Waals surface area contributed by atoms with Gasteiger partial charge in [-0.05, 0) is 25.8 Å². The van der Waals surface area contributed by atoms with E-state index < -0.39 is 0 Å². The number of rotatable bonds is 2. The van der Waals surface area contributed by atoms with E-state index in [1.807, 2.05) is 13.0 Å². The van der Waals surface area contributed by atoms with Crippen molar-refractivity contribution in [3.63, 3.8) is 0 Å². The molecule has 1 heterocycles. The van der Waals surface area contributed by atoms with Crippen LogP contribution in [0.2, 0.25) is 0 Å². The minimum absolute atomic E-state index is 0.0379. The molecule has 0 radical (unpaired) electrons. The fourth-order valence-electron chi connectivity index (χ4n) is 2.58. The van der Waals surface area contributed by atoms with Gasteiger partial charge in [-0.3, -0.25) is 0 Å². The van der Waals surface area contributed by atoms with Crippen LogP contribution in [0.1, 0.15) is 25.3 Å². The number of hydrogen-bond donors (Lipinski definition) is 2. The van der Waals surface area contributed by atoms with Gasteiger partial charge in [0, 0.05) is 23.1 Å². The zero-order valence-corrected chi connectivity index (χ0v) is 9.90. The summed E-state index contributed by atoms with van der Waals surface area (Å²) in [5.74, 6) is 1.61. The highest BCUT2D eigenvalue weighted by Gasteiger charge is 2.49. The lowest BCUT2D eigenvalue weighted by molar-refractivity contribution is 0.170. The average Bonchev–Trinajstić information content (AvgIpc) is 3.09. The fraction of sp³-hybridized carbons (Fsp3) is 0.538. The zero-order chi connectivity index (χ0) is 12.0. The number of phenolic OH excluding ortho intramolecular Hbond substituents is 1. The van der Waals surface area contributed by atoms with Crippen LogP contribution in [0.5, 0.6) is 17.2 Å². The summed E-state index contributed by atoms with van der Waals surface area (Å²) in [5.41, 5.74) is 6.86. The second-order valence-corrected chi connectivity index (χ2v) is 4.96. The summed E-state index contributed by atoms with van der Waals surface area (Å²) in [7, 11) is 0. The Kier molecular flexibility index (Phi) is 2.23. The van der Waals surface area contributed by atoms with Crippen LogP contribution in [-0.4, -0.2) is 24.4 Å². The second kappa shape index (κ2) is 3.53. The van der Waals surface area contributed by atoms with Crippen LogP contribution in [0.3, 0.4) is 0 Å². The molecule has 4 heteroatoms. The Morgan fingerprint density at radius 1 is 1.24 bits per heavy atom. The van der Waals surface area contributed by atoms with Crippen molar-refractivity contribution >= 4 is 0 Å². The molecule has 1 unspecified atom stereocenters. The number of nitrogens with two attached hydrogens (primary N) is 1. The molecule has 92 valence electrons. The largest absolute Gasteiger partial charge is 0.508 e. The minimum Gasteiger partial charge on any atom is -0.508 e. The number of benzene rings is 1. The van der Waals surface area contributed by atoms with Gasteiger partial charge in [-0.25, -0.2) is 0 Å². The van der Waals surface area contributed by atoms with Gasteiger partial charge in [-0.1, -0.05) is 0 Å². The standard InChI is InChI=1S/C13H17NO3/c1-8(14)13(2-3-13)9-6-11-12(7-10(9)15)17-5-4-16-11/h6-8,15H,2-5,14H2,1H3. The maximum absolute atomic E-state index is 10.1. The van der Waals surface area contributed by atoms with Crippen molar-refractivity contribution in [2.45, 2.75) is 31.2 Å². The van der Waals surface area contributed by atoms with Crippen molar-refractivity contribution in [1.82, 2.24) is 0 Å². The Hall–Kier alpha value is -1.42. The highest BCUT2D eigenvalue weighted by Crippen LogP contribution is 2.55. The monoisotopic (exact) mass is 235 g/mol. The SMILES string of the molecule is CC(N)C1(c2cc3c(cc2O)OCCO3)CC1. The molecule has 1 aliphatic heterocycles. The minimum atomic E-state index is -0.0695. The summed E-state index contributed by atoms with van der Waals surface area (Å²) >= 11 is 0. The summed E-state index contributed by atoms with van der Waals surface area (Å²) in [5, 5.41) is 10.1. The van der Waals surface area contributed by atoms with Crippen molar-refractivity contribution in [2.75, 3.05) is 13.2 Å². The third-order valence-corrected chi connectivity index (χ3v) is 3.86. The molecule has 0 saturated heterocycles. The molecule has 3 N–H and O–H groups in total. The summed E-state index contributed by atoms with van der Waals surface area (Å²) < 4.78 is 11.0. The molecule has 0 bridgehead atoms. The second-order valence-electron chi connectivity index (χ2n) is 4.96. The molecule has 0 aromatic heterocycles. The number of fused-ring (bicyclic) bond motifs is 1. The molecular weight excluding hydrogens is 218 g/mol. The average molecular weight is 235 g/mol. The van der Waals surface area contributed by atoms with Crippen LogP contribution >= 0.6 is 0 Å². The van der Waals surface area contributed by atoms with E-state index in [9.17, 15) is 5.11 Å². The highest BCUT2D eigenvalue weighted by molar-refractivity contribution is 5.55. The van der Waals surface area contributed by atoms with Gasteiger partial charge in [0.05, 0.1) is 0 Å². The van der Waals surface area contributed by atoms with Gasteiger partial charge in [0.15, 0.2) is 11.5 Å². The normalized spacial score (nSPS) is 22.0. The molecule has 1 aromatic carbocycles. The third-order valence-electron chi connectivity index (χ3n) is 3.86. The summed E-state index contributed by atoms with van der Waals surface area (Å²) in [6.45, 7) is 3.08. The molecule has 0 amide bonds. The quantitative estimate of drug-likeness (QED) is 0.816. The molecule has 17 heavy (non-hydrogen) atoms. The lowest BCUT2D eigenvalue weighted by atomic mass is 9.88. The Labute approximate surface area is 100 Å². The first-order valence-corrected chi connectivity index (χ1v) is 6.02. The smallest absolute Gasteiger partial charge is 0.165 e. The van der Waals surface area contributed by atoms with E-state index in [0.29, 0.717) is 19.0 Å². The maximum Gasteiger partial charge on any atom is 0.165 e. The molecule has 1 atom stereocenters. The van der Waals surface area contributed by atoms with Crippen LogP contribution < -0.4 is 15.2 Å². The van der Waals surface area contributed by atoms with E-state index >= 15 is 0 Å². The predicted octanol–water partition coefficient (Wildman–Crippen LogP) is 1.54. The zero-order valence-electron chi connectivity index (χ0n) is 9.90. The van der Waals surface area contributed by atoms with E-state index in [0.717, 1.165) is 24.2 Å². The number of ether oxygens (including phenoxy) is 2. The Morgan fingerprint density at radius 2 is 1.82 bits per heavy atom. The van der Waals surface area contributed by atoms with Crippen LogP contribution in [0, 0.1) is 0 Å². The predicted molar refractivity (Wildman–Crippen MR) is 63.7 cm³/mol. The van der Waals surface area contributed by atoms with E-state index in [1.165, 1.54) is 0 Å². The summed E-state index contributed by atoms with van der Waals surface area (Å²) in [6, 6.07) is 3.57. The van der Waals surface area contributed by atoms with Crippen LogP contribution in [0.15, 0.2) is 12.1 Å². The Bertz CT molecular complexity index is 452. The van der Waals surface area contributed by atoms with Gasteiger partial charge >= 0.3 is 0 Å². The number of hydrogen-bond acceptors (Lipinski definition) is 4. The molecule has 1 aromatic rings. The highest BCUT2D eigenvalue weighted by atomic mass is 16.6. The van der Waals surface area contributed by atoms with Gasteiger partial charge in [0.25, 0.3) is 0 Å². The molecule has 1 saturated carbocycles. The number of phenols is 1. The van der Waals surface area contributed by atoms with Crippen LogP contribution in [0.25, 0.3) is 0 Å². The first-order chi connectivity index (χ1) is 8.13. The molecule has 4 nitrogen and oxygen atoms in total. The third kappa shape index (κ3) is 1.55. The van der Waals surface area contributed by atoms with Crippen molar-refractivity contribution < 1.29 is 14.6 Å². The first kappa shape index (κ1) is 10.7. The van der Waals surface area contributed by atoms with Gasteiger partial charge in [-0.15, -0.1) is 0 Å². The lowest BCUT2D eigenvalue weighted by Crippen LogP contribution is -2.31. The first-order valence-electron chi connectivity index (χ1n) is 6.02. The van der Waals surface area contributed by atoms with Crippen molar-refractivity contribution in [1.29, 1.82) is 0 Å². The Morgan fingerprint density at radius 3 is 2.35 bits per heavy atom. The molecular formula is C13H17NO3. The molecule has 3 rings (SSSR count). The van der Waals surface area contributed by atoms with E-state index in [4.69, 9.17) is 15.2 Å². The topological polar surface area (TPSA) is 64.7 Å².